The van der Waals surface area contributed by atoms with Crippen molar-refractivity contribution in [3.8, 4) is 11.5 Å². The number of carboxylic acid groups (broad SMARTS) is 1. The minimum Gasteiger partial charge on any atom is -0.477 e. The zero-order valence-electron chi connectivity index (χ0n) is 10.1. The van der Waals surface area contributed by atoms with Crippen molar-refractivity contribution in [2.45, 2.75) is 6.92 Å². The Morgan fingerprint density at radius 2 is 2.11 bits per heavy atom. The van der Waals surface area contributed by atoms with Gasteiger partial charge in [-0.1, -0.05) is 6.07 Å². The topological polar surface area (TPSA) is 80.4 Å². The monoisotopic (exact) mass is 254 g/mol. The number of carbonyl (C=O) groups is 1. The molecule has 19 heavy (non-hydrogen) atoms. The van der Waals surface area contributed by atoms with Crippen LogP contribution in [0.2, 0.25) is 0 Å². The summed E-state index contributed by atoms with van der Waals surface area (Å²) < 4.78 is 1.68. The van der Waals surface area contributed by atoms with E-state index in [1.165, 1.54) is 6.07 Å². The van der Waals surface area contributed by atoms with Gasteiger partial charge in [0.1, 0.15) is 5.69 Å². The van der Waals surface area contributed by atoms with Gasteiger partial charge in [-0.05, 0) is 31.2 Å². The summed E-state index contributed by atoms with van der Waals surface area (Å²) in [5, 5.41) is 13.2. The van der Waals surface area contributed by atoms with Crippen molar-refractivity contribution in [1.82, 2.24) is 19.6 Å². The molecule has 0 unspecified atom stereocenters. The Labute approximate surface area is 108 Å². The van der Waals surface area contributed by atoms with Gasteiger partial charge in [-0.25, -0.2) is 19.3 Å². The largest absolute Gasteiger partial charge is 0.477 e. The molecule has 94 valence electrons. The lowest BCUT2D eigenvalue weighted by molar-refractivity contribution is 0.0690. The third-order valence-electron chi connectivity index (χ3n) is 2.72. The van der Waals surface area contributed by atoms with E-state index < -0.39 is 5.97 Å². The number of nitrogens with zero attached hydrogens (tertiary/aromatic N) is 4. The maximum atomic E-state index is 11.0. The Morgan fingerprint density at radius 3 is 2.89 bits per heavy atom. The number of aromatic nitrogens is 4. The Balaban J connectivity index is 2.26. The Hall–Kier alpha value is -2.76. The summed E-state index contributed by atoms with van der Waals surface area (Å²) in [5.41, 5.74) is 2.14. The summed E-state index contributed by atoms with van der Waals surface area (Å²) >= 11 is 0. The highest BCUT2D eigenvalue weighted by Gasteiger charge is 2.12. The molecule has 0 radical (unpaired) electrons. The molecule has 0 fully saturated rings. The van der Waals surface area contributed by atoms with Gasteiger partial charge < -0.3 is 5.11 Å². The zero-order valence-corrected chi connectivity index (χ0v) is 10.1. The fourth-order valence-corrected chi connectivity index (χ4v) is 1.91. The summed E-state index contributed by atoms with van der Waals surface area (Å²) in [4.78, 5) is 19.4. The number of aromatic carboxylic acids is 1. The van der Waals surface area contributed by atoms with Crippen molar-refractivity contribution >= 4 is 11.5 Å². The van der Waals surface area contributed by atoms with Crippen molar-refractivity contribution in [2.24, 2.45) is 0 Å². The first kappa shape index (κ1) is 11.3. The number of pyridine rings is 1. The fourth-order valence-electron chi connectivity index (χ4n) is 1.91. The van der Waals surface area contributed by atoms with Gasteiger partial charge in [-0.15, -0.1) is 0 Å². The molecule has 0 saturated carbocycles. The van der Waals surface area contributed by atoms with E-state index in [9.17, 15) is 4.79 Å². The fraction of sp³-hybridized carbons (Fsp3) is 0.0769. The number of rotatable bonds is 2. The van der Waals surface area contributed by atoms with Crippen LogP contribution in [0.25, 0.3) is 17.0 Å². The van der Waals surface area contributed by atoms with E-state index >= 15 is 0 Å². The maximum absolute atomic E-state index is 11.0. The number of aryl methyl sites for hydroxylation is 1. The molecule has 6 nitrogen and oxygen atoms in total. The zero-order chi connectivity index (χ0) is 13.4. The second-order valence-corrected chi connectivity index (χ2v) is 4.10. The second-order valence-electron chi connectivity index (χ2n) is 4.10. The smallest absolute Gasteiger partial charge is 0.354 e. The molecule has 0 aliphatic heterocycles. The van der Waals surface area contributed by atoms with E-state index in [0.717, 1.165) is 5.52 Å². The van der Waals surface area contributed by atoms with Gasteiger partial charge in [0.05, 0.1) is 11.7 Å². The van der Waals surface area contributed by atoms with E-state index in [4.69, 9.17) is 5.11 Å². The molecule has 0 bridgehead atoms. The number of hydrogen-bond acceptors (Lipinski definition) is 4. The van der Waals surface area contributed by atoms with Gasteiger partial charge in [0.25, 0.3) is 0 Å². The lowest BCUT2D eigenvalue weighted by Gasteiger charge is -2.05. The normalized spacial score (nSPS) is 10.8. The van der Waals surface area contributed by atoms with Crippen molar-refractivity contribution in [2.75, 3.05) is 0 Å². The third-order valence-corrected chi connectivity index (χ3v) is 2.72. The highest BCUT2D eigenvalue weighted by atomic mass is 16.4. The van der Waals surface area contributed by atoms with Crippen LogP contribution in [0.15, 0.2) is 36.5 Å². The van der Waals surface area contributed by atoms with Crippen LogP contribution in [-0.4, -0.2) is 30.7 Å². The lowest BCUT2D eigenvalue weighted by atomic mass is 10.2. The quantitative estimate of drug-likeness (QED) is 0.754. The predicted octanol–water partition coefficient (Wildman–Crippen LogP) is 1.80. The van der Waals surface area contributed by atoms with Crippen LogP contribution in [0, 0.1) is 6.92 Å². The molecule has 0 amide bonds. The van der Waals surface area contributed by atoms with Crippen LogP contribution in [0.3, 0.4) is 0 Å². The Kier molecular flexibility index (Phi) is 2.49. The van der Waals surface area contributed by atoms with Gasteiger partial charge in [0.2, 0.25) is 0 Å². The SMILES string of the molecule is Cc1cc(C(=O)O)nc(-c2cccc3ccnn23)n1. The average Bonchev–Trinajstić information content (AvgIpc) is 2.85. The maximum Gasteiger partial charge on any atom is 0.354 e. The first-order valence-electron chi connectivity index (χ1n) is 5.67. The van der Waals surface area contributed by atoms with E-state index in [-0.39, 0.29) is 5.69 Å². The van der Waals surface area contributed by atoms with E-state index in [1.807, 2.05) is 18.2 Å². The predicted molar refractivity (Wildman–Crippen MR) is 67.9 cm³/mol. The molecule has 0 aromatic carbocycles. The van der Waals surface area contributed by atoms with Crippen LogP contribution in [-0.2, 0) is 0 Å². The molecule has 3 aromatic heterocycles. The molecule has 6 heteroatoms. The summed E-state index contributed by atoms with van der Waals surface area (Å²) in [7, 11) is 0. The van der Waals surface area contributed by atoms with Gasteiger partial charge in [-0.2, -0.15) is 5.10 Å². The molecule has 0 saturated heterocycles. The standard InChI is InChI=1S/C13H10N4O2/c1-8-7-10(13(18)19)16-12(15-8)11-4-2-3-9-5-6-14-17(9)11/h2-7H,1H3,(H,18,19). The van der Waals surface area contributed by atoms with Crippen LogP contribution in [0.4, 0.5) is 0 Å². The van der Waals surface area contributed by atoms with Crippen molar-refractivity contribution in [3.63, 3.8) is 0 Å². The van der Waals surface area contributed by atoms with Gasteiger partial charge in [-0.3, -0.25) is 0 Å². The van der Waals surface area contributed by atoms with E-state index in [1.54, 1.807) is 23.7 Å². The summed E-state index contributed by atoms with van der Waals surface area (Å²) in [6.45, 7) is 1.74. The van der Waals surface area contributed by atoms with Crippen LogP contribution < -0.4 is 0 Å². The van der Waals surface area contributed by atoms with Crippen LogP contribution in [0.5, 0.6) is 0 Å². The molecule has 3 rings (SSSR count). The highest BCUT2D eigenvalue weighted by molar-refractivity contribution is 5.85. The molecule has 0 aliphatic carbocycles. The average molecular weight is 254 g/mol. The van der Waals surface area contributed by atoms with E-state index in [0.29, 0.717) is 17.2 Å². The molecule has 1 N–H and O–H groups in total. The minimum absolute atomic E-state index is 0.0216. The molecular weight excluding hydrogens is 244 g/mol. The van der Waals surface area contributed by atoms with Crippen molar-refractivity contribution < 1.29 is 9.90 Å². The first-order chi connectivity index (χ1) is 9.15. The Morgan fingerprint density at radius 1 is 1.26 bits per heavy atom. The second kappa shape index (κ2) is 4.16. The molecule has 3 heterocycles. The molecule has 0 spiro atoms. The number of carboxylic acids is 1. The summed E-state index contributed by atoms with van der Waals surface area (Å²) in [6.07, 6.45) is 1.67. The van der Waals surface area contributed by atoms with Gasteiger partial charge in [0.15, 0.2) is 11.5 Å². The molecule has 0 atom stereocenters. The van der Waals surface area contributed by atoms with E-state index in [2.05, 4.69) is 15.1 Å². The van der Waals surface area contributed by atoms with Gasteiger partial charge in [0, 0.05) is 5.69 Å². The minimum atomic E-state index is -1.07. The Bertz CT molecular complexity index is 779. The van der Waals surface area contributed by atoms with Crippen LogP contribution in [0.1, 0.15) is 16.2 Å². The third kappa shape index (κ3) is 1.93. The number of hydrogen-bond donors (Lipinski definition) is 1. The molecule has 3 aromatic rings. The van der Waals surface area contributed by atoms with Gasteiger partial charge >= 0.3 is 5.97 Å². The summed E-state index contributed by atoms with van der Waals surface area (Å²) in [5.74, 6) is -0.717. The summed E-state index contributed by atoms with van der Waals surface area (Å²) in [6, 6.07) is 8.87. The molecular formula is C13H10N4O2. The number of fused-ring (bicyclic) bond motifs is 1. The lowest BCUT2D eigenvalue weighted by Crippen LogP contribution is -2.06. The first-order valence-corrected chi connectivity index (χ1v) is 5.67. The van der Waals surface area contributed by atoms with Crippen molar-refractivity contribution in [1.29, 1.82) is 0 Å². The van der Waals surface area contributed by atoms with Crippen LogP contribution >= 0.6 is 0 Å². The highest BCUT2D eigenvalue weighted by Crippen LogP contribution is 2.17. The molecule has 0 aliphatic rings. The van der Waals surface area contributed by atoms with Crippen molar-refractivity contribution in [3.05, 3.63) is 47.9 Å².